The number of aliphatic hydroxyl groups is 1. The zero-order valence-electron chi connectivity index (χ0n) is 11.6. The SMILES string of the molecule is CC1(C)CC(C2(O)CCCOCC2)C(C)(C)O1. The van der Waals surface area contributed by atoms with E-state index < -0.39 is 5.60 Å². The second kappa shape index (κ2) is 4.22. The summed E-state index contributed by atoms with van der Waals surface area (Å²) in [5.74, 6) is 0.201. The highest BCUT2D eigenvalue weighted by atomic mass is 16.5. The van der Waals surface area contributed by atoms with Gasteiger partial charge in [0.1, 0.15) is 0 Å². The van der Waals surface area contributed by atoms with E-state index in [9.17, 15) is 5.11 Å². The van der Waals surface area contributed by atoms with Gasteiger partial charge in [0.25, 0.3) is 0 Å². The summed E-state index contributed by atoms with van der Waals surface area (Å²) in [5.41, 5.74) is -0.993. The van der Waals surface area contributed by atoms with Crippen LogP contribution in [0.1, 0.15) is 53.4 Å². The first kappa shape index (κ1) is 13.3. The van der Waals surface area contributed by atoms with Crippen LogP contribution in [-0.2, 0) is 9.47 Å². The Morgan fingerprint density at radius 1 is 1.06 bits per heavy atom. The van der Waals surface area contributed by atoms with Crippen LogP contribution in [0.3, 0.4) is 0 Å². The van der Waals surface area contributed by atoms with Crippen molar-refractivity contribution < 1.29 is 14.6 Å². The molecule has 2 atom stereocenters. The van der Waals surface area contributed by atoms with Crippen LogP contribution in [-0.4, -0.2) is 35.1 Å². The fourth-order valence-corrected chi connectivity index (χ4v) is 3.70. The predicted molar refractivity (Wildman–Crippen MR) is 67.0 cm³/mol. The molecule has 2 aliphatic heterocycles. The molecule has 2 heterocycles. The van der Waals surface area contributed by atoms with Crippen molar-refractivity contribution in [3.63, 3.8) is 0 Å². The van der Waals surface area contributed by atoms with Crippen LogP contribution in [0.25, 0.3) is 0 Å². The molecule has 1 N–H and O–H groups in total. The Kier molecular flexibility index (Phi) is 3.30. The molecule has 2 saturated heterocycles. The van der Waals surface area contributed by atoms with Crippen molar-refractivity contribution in [2.24, 2.45) is 5.92 Å². The van der Waals surface area contributed by atoms with E-state index in [0.717, 1.165) is 32.3 Å². The third kappa shape index (κ3) is 2.67. The average Bonchev–Trinajstić information content (AvgIpc) is 2.37. The van der Waals surface area contributed by atoms with Crippen molar-refractivity contribution in [2.75, 3.05) is 13.2 Å². The normalized spacial score (nSPS) is 41.1. The van der Waals surface area contributed by atoms with Gasteiger partial charge in [0.05, 0.1) is 16.8 Å². The minimum Gasteiger partial charge on any atom is -0.389 e. The molecule has 2 rings (SSSR count). The highest BCUT2D eigenvalue weighted by Gasteiger charge is 2.54. The fourth-order valence-electron chi connectivity index (χ4n) is 3.70. The quantitative estimate of drug-likeness (QED) is 0.768. The van der Waals surface area contributed by atoms with Gasteiger partial charge < -0.3 is 14.6 Å². The van der Waals surface area contributed by atoms with Crippen molar-refractivity contribution in [3.8, 4) is 0 Å². The van der Waals surface area contributed by atoms with Crippen molar-refractivity contribution >= 4 is 0 Å². The molecule has 0 radical (unpaired) electrons. The Morgan fingerprint density at radius 2 is 1.76 bits per heavy atom. The summed E-state index contributed by atoms with van der Waals surface area (Å²) < 4.78 is 11.6. The van der Waals surface area contributed by atoms with Gasteiger partial charge >= 0.3 is 0 Å². The van der Waals surface area contributed by atoms with Crippen molar-refractivity contribution in [1.82, 2.24) is 0 Å². The largest absolute Gasteiger partial charge is 0.389 e. The Labute approximate surface area is 104 Å². The van der Waals surface area contributed by atoms with E-state index in [1.54, 1.807) is 0 Å². The number of rotatable bonds is 1. The van der Waals surface area contributed by atoms with Crippen LogP contribution in [0.5, 0.6) is 0 Å². The molecule has 0 spiro atoms. The van der Waals surface area contributed by atoms with Crippen LogP contribution in [0, 0.1) is 5.92 Å². The first-order chi connectivity index (χ1) is 7.75. The van der Waals surface area contributed by atoms with Gasteiger partial charge in [-0.2, -0.15) is 0 Å². The van der Waals surface area contributed by atoms with E-state index in [-0.39, 0.29) is 17.1 Å². The van der Waals surface area contributed by atoms with Crippen LogP contribution in [0.15, 0.2) is 0 Å². The molecule has 17 heavy (non-hydrogen) atoms. The monoisotopic (exact) mass is 242 g/mol. The molecule has 3 heteroatoms. The molecule has 2 fully saturated rings. The molecule has 0 aromatic heterocycles. The van der Waals surface area contributed by atoms with E-state index >= 15 is 0 Å². The van der Waals surface area contributed by atoms with Gasteiger partial charge in [0, 0.05) is 19.1 Å². The molecular weight excluding hydrogens is 216 g/mol. The standard InChI is InChI=1S/C14H26O3/c1-12(2)10-11(13(3,4)17-12)14(15)6-5-8-16-9-7-14/h11,15H,5-10H2,1-4H3. The minimum atomic E-state index is -0.617. The Morgan fingerprint density at radius 3 is 2.35 bits per heavy atom. The minimum absolute atomic E-state index is 0.128. The summed E-state index contributed by atoms with van der Waals surface area (Å²) in [5, 5.41) is 11.0. The Balaban J connectivity index is 2.20. The Hall–Kier alpha value is -0.120. The topological polar surface area (TPSA) is 38.7 Å². The van der Waals surface area contributed by atoms with E-state index in [2.05, 4.69) is 27.7 Å². The van der Waals surface area contributed by atoms with Gasteiger partial charge in [-0.15, -0.1) is 0 Å². The summed E-state index contributed by atoms with van der Waals surface area (Å²) in [4.78, 5) is 0. The summed E-state index contributed by atoms with van der Waals surface area (Å²) in [6, 6.07) is 0. The third-order valence-corrected chi connectivity index (χ3v) is 4.30. The molecule has 0 amide bonds. The maximum atomic E-state index is 11.0. The number of hydrogen-bond acceptors (Lipinski definition) is 3. The molecule has 0 aromatic rings. The summed E-state index contributed by atoms with van der Waals surface area (Å²) >= 11 is 0. The molecule has 2 unspecified atom stereocenters. The van der Waals surface area contributed by atoms with Gasteiger partial charge in [-0.1, -0.05) is 0 Å². The number of hydrogen-bond donors (Lipinski definition) is 1. The summed E-state index contributed by atoms with van der Waals surface area (Å²) in [6.45, 7) is 9.89. The first-order valence-corrected chi connectivity index (χ1v) is 6.76. The second-order valence-corrected chi connectivity index (χ2v) is 6.79. The maximum absolute atomic E-state index is 11.0. The van der Waals surface area contributed by atoms with E-state index in [1.807, 2.05) is 0 Å². The molecular formula is C14H26O3. The van der Waals surface area contributed by atoms with E-state index in [1.165, 1.54) is 0 Å². The summed E-state index contributed by atoms with van der Waals surface area (Å²) in [7, 11) is 0. The predicted octanol–water partition coefficient (Wildman–Crippen LogP) is 2.51. The lowest BCUT2D eigenvalue weighted by Gasteiger charge is -2.39. The molecule has 2 aliphatic rings. The highest BCUT2D eigenvalue weighted by molar-refractivity contribution is 5.04. The lowest BCUT2D eigenvalue weighted by Crippen LogP contribution is -2.46. The maximum Gasteiger partial charge on any atom is 0.0726 e. The first-order valence-electron chi connectivity index (χ1n) is 6.76. The molecule has 0 bridgehead atoms. The van der Waals surface area contributed by atoms with Crippen LogP contribution in [0.2, 0.25) is 0 Å². The van der Waals surface area contributed by atoms with Crippen LogP contribution >= 0.6 is 0 Å². The molecule has 0 aliphatic carbocycles. The molecule has 3 nitrogen and oxygen atoms in total. The van der Waals surface area contributed by atoms with Crippen molar-refractivity contribution in [1.29, 1.82) is 0 Å². The smallest absolute Gasteiger partial charge is 0.0726 e. The van der Waals surface area contributed by atoms with Crippen LogP contribution in [0.4, 0.5) is 0 Å². The zero-order valence-corrected chi connectivity index (χ0v) is 11.6. The van der Waals surface area contributed by atoms with Gasteiger partial charge in [-0.05, 0) is 53.4 Å². The third-order valence-electron chi connectivity index (χ3n) is 4.30. The van der Waals surface area contributed by atoms with Gasteiger partial charge in [0.2, 0.25) is 0 Å². The van der Waals surface area contributed by atoms with Gasteiger partial charge in [0.15, 0.2) is 0 Å². The van der Waals surface area contributed by atoms with Crippen molar-refractivity contribution in [3.05, 3.63) is 0 Å². The van der Waals surface area contributed by atoms with Gasteiger partial charge in [-0.3, -0.25) is 0 Å². The second-order valence-electron chi connectivity index (χ2n) is 6.79. The lowest BCUT2D eigenvalue weighted by atomic mass is 9.71. The van der Waals surface area contributed by atoms with Crippen LogP contribution < -0.4 is 0 Å². The lowest BCUT2D eigenvalue weighted by molar-refractivity contribution is -0.118. The van der Waals surface area contributed by atoms with E-state index in [4.69, 9.17) is 9.47 Å². The van der Waals surface area contributed by atoms with Crippen molar-refractivity contribution in [2.45, 2.75) is 70.2 Å². The number of ether oxygens (including phenoxy) is 2. The molecule has 0 saturated carbocycles. The molecule has 0 aromatic carbocycles. The van der Waals surface area contributed by atoms with Gasteiger partial charge in [-0.25, -0.2) is 0 Å². The average molecular weight is 242 g/mol. The highest BCUT2D eigenvalue weighted by Crippen LogP contribution is 2.49. The van der Waals surface area contributed by atoms with E-state index in [0.29, 0.717) is 6.61 Å². The fraction of sp³-hybridized carbons (Fsp3) is 1.00. The molecule has 100 valence electrons. The Bertz CT molecular complexity index is 275. The zero-order chi connectivity index (χ0) is 12.7. The summed E-state index contributed by atoms with van der Waals surface area (Å²) in [6.07, 6.45) is 3.45.